The second-order valence-electron chi connectivity index (χ2n) is 5.45. The molecule has 128 valence electrons. The molecule has 0 aliphatic heterocycles. The Morgan fingerprint density at radius 2 is 2.04 bits per heavy atom. The van der Waals surface area contributed by atoms with E-state index >= 15 is 0 Å². The smallest absolute Gasteiger partial charge is 0.274 e. The summed E-state index contributed by atoms with van der Waals surface area (Å²) in [5.41, 5.74) is 0.641. The number of hydrogen-bond acceptors (Lipinski definition) is 5. The molecule has 0 saturated heterocycles. The van der Waals surface area contributed by atoms with Gasteiger partial charge in [-0.1, -0.05) is 18.2 Å². The summed E-state index contributed by atoms with van der Waals surface area (Å²) in [6.45, 7) is 0.686. The molecule has 1 amide bonds. The van der Waals surface area contributed by atoms with Gasteiger partial charge in [-0.15, -0.1) is 0 Å². The molecule has 0 spiro atoms. The molecule has 0 radical (unpaired) electrons. The Bertz CT molecular complexity index is 907. The van der Waals surface area contributed by atoms with Crippen molar-refractivity contribution in [1.82, 2.24) is 15.1 Å². The molecular formula is C17H16N4O4. The molecule has 2 aromatic carbocycles. The highest BCUT2D eigenvalue weighted by Crippen LogP contribution is 2.22. The molecule has 1 aromatic heterocycles. The number of H-pyrrole nitrogens is 1. The van der Waals surface area contributed by atoms with Crippen LogP contribution in [0.15, 0.2) is 48.5 Å². The number of nitro groups is 1. The molecule has 8 nitrogen and oxygen atoms in total. The van der Waals surface area contributed by atoms with Gasteiger partial charge in [0.1, 0.15) is 12.4 Å². The minimum atomic E-state index is -0.502. The Balaban J connectivity index is 1.70. The van der Waals surface area contributed by atoms with Gasteiger partial charge in [-0.25, -0.2) is 0 Å². The van der Waals surface area contributed by atoms with Crippen molar-refractivity contribution in [2.24, 2.45) is 0 Å². The summed E-state index contributed by atoms with van der Waals surface area (Å²) in [4.78, 5) is 24.4. The van der Waals surface area contributed by atoms with Crippen molar-refractivity contribution in [3.63, 3.8) is 0 Å². The van der Waals surface area contributed by atoms with Crippen LogP contribution in [0.3, 0.4) is 0 Å². The number of fused-ring (bicyclic) bond motifs is 1. The van der Waals surface area contributed by atoms with Gasteiger partial charge in [0.15, 0.2) is 5.69 Å². The Labute approximate surface area is 143 Å². The molecule has 0 aliphatic rings. The number of benzene rings is 2. The molecule has 25 heavy (non-hydrogen) atoms. The summed E-state index contributed by atoms with van der Waals surface area (Å²) in [7, 11) is 1.63. The summed E-state index contributed by atoms with van der Waals surface area (Å²) in [6.07, 6.45) is 0. The lowest BCUT2D eigenvalue weighted by Crippen LogP contribution is -2.31. The molecule has 1 heterocycles. The van der Waals surface area contributed by atoms with E-state index in [-0.39, 0.29) is 17.3 Å². The van der Waals surface area contributed by atoms with E-state index in [1.54, 1.807) is 7.05 Å². The van der Waals surface area contributed by atoms with Gasteiger partial charge in [0.05, 0.1) is 17.0 Å². The number of likely N-dealkylation sites (N-methyl/N-ethyl adjacent to an activating group) is 1. The summed E-state index contributed by atoms with van der Waals surface area (Å²) < 4.78 is 5.57. The standard InChI is InChI=1S/C17H16N4O4/c1-20(9-10-25-13-5-3-2-4-6-13)17(22)16-14-11-12(21(23)24)7-8-15(14)18-19-16/h2-8,11H,9-10H2,1H3,(H,18,19). The topological polar surface area (TPSA) is 101 Å². The number of hydrogen-bond donors (Lipinski definition) is 1. The Morgan fingerprint density at radius 3 is 2.76 bits per heavy atom. The molecule has 0 aliphatic carbocycles. The summed E-state index contributed by atoms with van der Waals surface area (Å²) >= 11 is 0. The van der Waals surface area contributed by atoms with Crippen molar-refractivity contribution < 1.29 is 14.5 Å². The highest BCUT2D eigenvalue weighted by atomic mass is 16.6. The van der Waals surface area contributed by atoms with Gasteiger partial charge in [0.25, 0.3) is 11.6 Å². The van der Waals surface area contributed by atoms with Crippen molar-refractivity contribution in [1.29, 1.82) is 0 Å². The van der Waals surface area contributed by atoms with E-state index in [1.807, 2.05) is 30.3 Å². The summed E-state index contributed by atoms with van der Waals surface area (Å²) in [6, 6.07) is 13.6. The van der Waals surface area contributed by atoms with E-state index < -0.39 is 4.92 Å². The van der Waals surface area contributed by atoms with Crippen molar-refractivity contribution >= 4 is 22.5 Å². The van der Waals surface area contributed by atoms with Gasteiger partial charge in [-0.3, -0.25) is 20.0 Å². The van der Waals surface area contributed by atoms with E-state index in [0.717, 1.165) is 5.75 Å². The number of nitrogens with zero attached hydrogens (tertiary/aromatic N) is 3. The van der Waals surface area contributed by atoms with Crippen LogP contribution in [0.4, 0.5) is 5.69 Å². The first-order valence-electron chi connectivity index (χ1n) is 7.62. The minimum absolute atomic E-state index is 0.0852. The van der Waals surface area contributed by atoms with Gasteiger partial charge < -0.3 is 9.64 Å². The van der Waals surface area contributed by atoms with Crippen LogP contribution < -0.4 is 4.74 Å². The molecule has 0 bridgehead atoms. The fourth-order valence-electron chi connectivity index (χ4n) is 2.38. The van der Waals surface area contributed by atoms with Crippen molar-refractivity contribution in [2.45, 2.75) is 0 Å². The highest BCUT2D eigenvalue weighted by molar-refractivity contribution is 6.05. The molecular weight excluding hydrogens is 324 g/mol. The summed E-state index contributed by atoms with van der Waals surface area (Å²) in [5, 5.41) is 18.1. The van der Waals surface area contributed by atoms with Crippen LogP contribution in [-0.4, -0.2) is 46.1 Å². The van der Waals surface area contributed by atoms with Gasteiger partial charge >= 0.3 is 0 Å². The molecule has 0 saturated carbocycles. The minimum Gasteiger partial charge on any atom is -0.492 e. The second-order valence-corrected chi connectivity index (χ2v) is 5.45. The van der Waals surface area contributed by atoms with Crippen molar-refractivity contribution in [3.8, 4) is 5.75 Å². The molecule has 0 atom stereocenters. The van der Waals surface area contributed by atoms with Crippen LogP contribution in [-0.2, 0) is 0 Å². The van der Waals surface area contributed by atoms with Crippen molar-refractivity contribution in [2.75, 3.05) is 20.2 Å². The first kappa shape index (κ1) is 16.4. The largest absolute Gasteiger partial charge is 0.492 e. The lowest BCUT2D eigenvalue weighted by atomic mass is 10.2. The predicted molar refractivity (Wildman–Crippen MR) is 91.6 cm³/mol. The maximum Gasteiger partial charge on any atom is 0.274 e. The first-order valence-corrected chi connectivity index (χ1v) is 7.62. The van der Waals surface area contributed by atoms with Crippen LogP contribution in [0.1, 0.15) is 10.5 Å². The summed E-state index contributed by atoms with van der Waals surface area (Å²) in [5.74, 6) is 0.396. The average molecular weight is 340 g/mol. The van der Waals surface area contributed by atoms with E-state index in [4.69, 9.17) is 4.74 Å². The first-order chi connectivity index (χ1) is 12.1. The third kappa shape index (κ3) is 3.57. The Hall–Kier alpha value is -3.42. The maximum atomic E-state index is 12.6. The lowest BCUT2D eigenvalue weighted by Gasteiger charge is -2.16. The van der Waals surface area contributed by atoms with Crippen LogP contribution >= 0.6 is 0 Å². The number of nitro benzene ring substituents is 1. The fraction of sp³-hybridized carbons (Fsp3) is 0.176. The number of non-ortho nitro benzene ring substituents is 1. The van der Waals surface area contributed by atoms with Crippen LogP contribution in [0.2, 0.25) is 0 Å². The monoisotopic (exact) mass is 340 g/mol. The van der Waals surface area contributed by atoms with Crippen LogP contribution in [0, 0.1) is 10.1 Å². The van der Waals surface area contributed by atoms with Gasteiger partial charge in [0.2, 0.25) is 0 Å². The highest BCUT2D eigenvalue weighted by Gasteiger charge is 2.20. The van der Waals surface area contributed by atoms with E-state index in [0.29, 0.717) is 24.1 Å². The molecule has 3 aromatic rings. The zero-order valence-electron chi connectivity index (χ0n) is 13.5. The quantitative estimate of drug-likeness (QED) is 0.549. The van der Waals surface area contributed by atoms with Gasteiger partial charge in [-0.05, 0) is 18.2 Å². The molecule has 3 rings (SSSR count). The number of ether oxygens (including phenoxy) is 1. The van der Waals surface area contributed by atoms with Crippen LogP contribution in [0.25, 0.3) is 10.9 Å². The molecule has 1 N–H and O–H groups in total. The number of carbonyl (C=O) groups is 1. The molecule has 8 heteroatoms. The van der Waals surface area contributed by atoms with E-state index in [1.165, 1.54) is 23.1 Å². The van der Waals surface area contributed by atoms with Crippen molar-refractivity contribution in [3.05, 3.63) is 64.3 Å². The predicted octanol–water partition coefficient (Wildman–Crippen LogP) is 2.62. The third-order valence-corrected chi connectivity index (χ3v) is 3.75. The Morgan fingerprint density at radius 1 is 1.28 bits per heavy atom. The lowest BCUT2D eigenvalue weighted by molar-refractivity contribution is -0.384. The third-order valence-electron chi connectivity index (χ3n) is 3.75. The fourth-order valence-corrected chi connectivity index (χ4v) is 2.38. The van der Waals surface area contributed by atoms with Gasteiger partial charge in [-0.2, -0.15) is 5.10 Å². The normalized spacial score (nSPS) is 10.6. The number of carbonyl (C=O) groups excluding carboxylic acids is 1. The second kappa shape index (κ2) is 7.00. The van der Waals surface area contributed by atoms with Gasteiger partial charge in [0, 0.05) is 24.6 Å². The van der Waals surface area contributed by atoms with E-state index in [9.17, 15) is 14.9 Å². The number of amides is 1. The SMILES string of the molecule is CN(CCOc1ccccc1)C(=O)c1n[nH]c2ccc([N+](=O)[O-])cc12. The number of para-hydroxylation sites is 1. The zero-order chi connectivity index (χ0) is 17.8. The average Bonchev–Trinajstić information content (AvgIpc) is 3.05. The number of rotatable bonds is 6. The van der Waals surface area contributed by atoms with E-state index in [2.05, 4.69) is 10.2 Å². The molecule has 0 fully saturated rings. The number of aromatic nitrogens is 2. The number of aromatic amines is 1. The molecule has 0 unspecified atom stereocenters. The number of nitrogens with one attached hydrogen (secondary N) is 1. The zero-order valence-corrected chi connectivity index (χ0v) is 13.5. The van der Waals surface area contributed by atoms with Crippen LogP contribution in [0.5, 0.6) is 5.75 Å². The Kier molecular flexibility index (Phi) is 4.60. The maximum absolute atomic E-state index is 12.6.